The minimum atomic E-state index is -0.392. The zero-order valence-electron chi connectivity index (χ0n) is 13.8. The van der Waals surface area contributed by atoms with E-state index in [-0.39, 0.29) is 39.7 Å². The van der Waals surface area contributed by atoms with Crippen LogP contribution in [0.5, 0.6) is 0 Å². The fraction of sp³-hybridized carbons (Fsp3) is 0.471. The van der Waals surface area contributed by atoms with Gasteiger partial charge in [-0.25, -0.2) is 0 Å². The summed E-state index contributed by atoms with van der Waals surface area (Å²) in [5.41, 5.74) is 0.525. The molecule has 1 saturated heterocycles. The zero-order chi connectivity index (χ0) is 18.1. The van der Waals surface area contributed by atoms with E-state index in [0.29, 0.717) is 19.7 Å². The minimum absolute atomic E-state index is 0.136. The number of ether oxygens (including phenoxy) is 1. The molecule has 2 aliphatic heterocycles. The largest absolute Gasteiger partial charge is 0.466 e. The lowest BCUT2D eigenvalue weighted by Gasteiger charge is -2.33. The average Bonchev–Trinajstić information content (AvgIpc) is 2.81. The van der Waals surface area contributed by atoms with E-state index >= 15 is 0 Å². The van der Waals surface area contributed by atoms with Gasteiger partial charge in [0.1, 0.15) is 0 Å². The average molecular weight is 385 g/mol. The van der Waals surface area contributed by atoms with Crippen molar-refractivity contribution in [2.75, 3.05) is 26.4 Å². The number of esters is 1. The third-order valence-corrected chi connectivity index (χ3v) is 5.20. The minimum Gasteiger partial charge on any atom is -0.466 e. The maximum atomic E-state index is 12.5. The lowest BCUT2D eigenvalue weighted by molar-refractivity contribution is -0.150. The highest BCUT2D eigenvalue weighted by Gasteiger charge is 2.38. The molecular formula is C17H18Cl2N2O4. The summed E-state index contributed by atoms with van der Waals surface area (Å²) >= 11 is 11.9. The van der Waals surface area contributed by atoms with Crippen LogP contribution in [0.4, 0.5) is 0 Å². The molecule has 2 heterocycles. The van der Waals surface area contributed by atoms with Crippen molar-refractivity contribution in [3.8, 4) is 0 Å². The van der Waals surface area contributed by atoms with E-state index in [1.165, 1.54) is 17.0 Å². The highest BCUT2D eigenvalue weighted by atomic mass is 35.5. The Balaban J connectivity index is 1.72. The van der Waals surface area contributed by atoms with Gasteiger partial charge in [-0.3, -0.25) is 24.2 Å². The molecule has 8 heteroatoms. The van der Waals surface area contributed by atoms with Crippen LogP contribution in [0.25, 0.3) is 0 Å². The molecule has 2 aliphatic rings. The number of rotatable bonds is 4. The second-order valence-electron chi connectivity index (χ2n) is 6.16. The zero-order valence-corrected chi connectivity index (χ0v) is 15.3. The first-order chi connectivity index (χ1) is 11.9. The van der Waals surface area contributed by atoms with Gasteiger partial charge >= 0.3 is 5.97 Å². The molecule has 2 amide bonds. The molecule has 0 aromatic heterocycles. The molecule has 0 unspecified atom stereocenters. The van der Waals surface area contributed by atoms with Gasteiger partial charge < -0.3 is 4.74 Å². The van der Waals surface area contributed by atoms with Gasteiger partial charge in [0.05, 0.1) is 40.4 Å². The molecule has 6 nitrogen and oxygen atoms in total. The van der Waals surface area contributed by atoms with Gasteiger partial charge in [0.15, 0.2) is 0 Å². The van der Waals surface area contributed by atoms with Crippen LogP contribution in [0.2, 0.25) is 10.0 Å². The third-order valence-electron chi connectivity index (χ3n) is 4.48. The normalized spacial score (nSPS) is 20.8. The molecule has 0 bridgehead atoms. The van der Waals surface area contributed by atoms with Crippen molar-refractivity contribution in [3.05, 3.63) is 33.3 Å². The predicted molar refractivity (Wildman–Crippen MR) is 92.8 cm³/mol. The molecule has 0 N–H and O–H groups in total. The molecule has 0 saturated carbocycles. The van der Waals surface area contributed by atoms with Crippen LogP contribution >= 0.6 is 23.2 Å². The number of imide groups is 1. The smallest absolute Gasteiger partial charge is 0.310 e. The number of halogens is 2. The number of carbonyl (C=O) groups is 3. The van der Waals surface area contributed by atoms with Crippen LogP contribution in [0, 0.1) is 5.92 Å². The van der Waals surface area contributed by atoms with Gasteiger partial charge in [-0.1, -0.05) is 23.2 Å². The van der Waals surface area contributed by atoms with Gasteiger partial charge in [0, 0.05) is 6.54 Å². The van der Waals surface area contributed by atoms with Gasteiger partial charge in [0.2, 0.25) is 0 Å². The molecule has 0 radical (unpaired) electrons. The number of benzene rings is 1. The van der Waals surface area contributed by atoms with Crippen LogP contribution in [0.15, 0.2) is 12.1 Å². The van der Waals surface area contributed by atoms with Gasteiger partial charge in [0.25, 0.3) is 11.8 Å². The molecular weight excluding hydrogens is 367 g/mol. The molecule has 3 rings (SSSR count). The van der Waals surface area contributed by atoms with Crippen molar-refractivity contribution < 1.29 is 19.1 Å². The van der Waals surface area contributed by atoms with Gasteiger partial charge in [-0.15, -0.1) is 0 Å². The number of amides is 2. The Morgan fingerprint density at radius 2 is 1.80 bits per heavy atom. The number of carbonyl (C=O) groups excluding carboxylic acids is 3. The molecule has 0 spiro atoms. The Morgan fingerprint density at radius 3 is 2.36 bits per heavy atom. The number of piperidine rings is 1. The van der Waals surface area contributed by atoms with E-state index in [1.54, 1.807) is 6.92 Å². The molecule has 1 atom stereocenters. The molecule has 134 valence electrons. The number of likely N-dealkylation sites (tertiary alicyclic amines) is 1. The van der Waals surface area contributed by atoms with Crippen LogP contribution in [0.3, 0.4) is 0 Å². The second kappa shape index (κ2) is 7.32. The van der Waals surface area contributed by atoms with Crippen molar-refractivity contribution in [1.82, 2.24) is 9.80 Å². The highest BCUT2D eigenvalue weighted by molar-refractivity contribution is 6.43. The monoisotopic (exact) mass is 384 g/mol. The number of hydrogen-bond donors (Lipinski definition) is 0. The second-order valence-corrected chi connectivity index (χ2v) is 6.97. The van der Waals surface area contributed by atoms with E-state index in [9.17, 15) is 14.4 Å². The van der Waals surface area contributed by atoms with E-state index < -0.39 is 11.8 Å². The summed E-state index contributed by atoms with van der Waals surface area (Å²) in [6.07, 6.45) is 1.56. The van der Waals surface area contributed by atoms with Gasteiger partial charge in [-0.2, -0.15) is 0 Å². The molecule has 1 aromatic rings. The SMILES string of the molecule is CCOC(=O)[C@H]1CCCN(CN2C(=O)c3cc(Cl)c(Cl)cc3C2=O)C1. The maximum Gasteiger partial charge on any atom is 0.310 e. The first-order valence-corrected chi connectivity index (χ1v) is 8.92. The molecule has 1 aromatic carbocycles. The van der Waals surface area contributed by atoms with E-state index in [0.717, 1.165) is 12.8 Å². The Hall–Kier alpha value is -1.63. The Bertz CT molecular complexity index is 697. The van der Waals surface area contributed by atoms with Crippen LogP contribution in [0.1, 0.15) is 40.5 Å². The molecule has 0 aliphatic carbocycles. The van der Waals surface area contributed by atoms with Crippen molar-refractivity contribution in [1.29, 1.82) is 0 Å². The first kappa shape index (κ1) is 18.2. The quantitative estimate of drug-likeness (QED) is 0.589. The standard InChI is InChI=1S/C17H18Cl2N2O4/c1-2-25-17(24)10-4-3-5-20(8-10)9-21-15(22)11-6-13(18)14(19)7-12(11)16(21)23/h6-7,10H,2-5,8-9H2,1H3/t10-/m0/s1. The molecule has 1 fully saturated rings. The van der Waals surface area contributed by atoms with Gasteiger partial charge in [-0.05, 0) is 38.4 Å². The summed E-state index contributed by atoms with van der Waals surface area (Å²) in [6.45, 7) is 3.43. The summed E-state index contributed by atoms with van der Waals surface area (Å²) in [5.74, 6) is -1.24. The lowest BCUT2D eigenvalue weighted by atomic mass is 9.98. The Labute approximate surface area is 155 Å². The highest BCUT2D eigenvalue weighted by Crippen LogP contribution is 2.32. The van der Waals surface area contributed by atoms with Crippen molar-refractivity contribution in [3.63, 3.8) is 0 Å². The molecule has 25 heavy (non-hydrogen) atoms. The Morgan fingerprint density at radius 1 is 1.20 bits per heavy atom. The summed E-state index contributed by atoms with van der Waals surface area (Å²) < 4.78 is 5.08. The van der Waals surface area contributed by atoms with E-state index in [1.807, 2.05) is 4.90 Å². The fourth-order valence-electron chi connectivity index (χ4n) is 3.25. The van der Waals surface area contributed by atoms with Crippen molar-refractivity contribution in [2.24, 2.45) is 5.92 Å². The first-order valence-electron chi connectivity index (χ1n) is 8.16. The van der Waals surface area contributed by atoms with Crippen LogP contribution in [-0.2, 0) is 9.53 Å². The van der Waals surface area contributed by atoms with Crippen molar-refractivity contribution in [2.45, 2.75) is 19.8 Å². The van der Waals surface area contributed by atoms with E-state index in [2.05, 4.69) is 0 Å². The number of fused-ring (bicyclic) bond motifs is 1. The number of nitrogens with zero attached hydrogens (tertiary/aromatic N) is 2. The summed E-state index contributed by atoms with van der Waals surface area (Å²) in [6, 6.07) is 2.86. The lowest BCUT2D eigenvalue weighted by Crippen LogP contribution is -2.47. The Kier molecular flexibility index (Phi) is 5.32. The fourth-order valence-corrected chi connectivity index (χ4v) is 3.58. The topological polar surface area (TPSA) is 66.9 Å². The van der Waals surface area contributed by atoms with E-state index in [4.69, 9.17) is 27.9 Å². The predicted octanol–water partition coefficient (Wildman–Crippen LogP) is 2.82. The van der Waals surface area contributed by atoms with Crippen LogP contribution in [-0.4, -0.2) is 53.9 Å². The van der Waals surface area contributed by atoms with Crippen LogP contribution < -0.4 is 0 Å². The summed E-state index contributed by atoms with van der Waals surface area (Å²) in [5, 5.41) is 0.479. The van der Waals surface area contributed by atoms with Crippen molar-refractivity contribution >= 4 is 41.0 Å². The maximum absolute atomic E-state index is 12.5. The number of hydrogen-bond acceptors (Lipinski definition) is 5. The summed E-state index contributed by atoms with van der Waals surface area (Å²) in [7, 11) is 0. The summed E-state index contributed by atoms with van der Waals surface area (Å²) in [4.78, 5) is 40.1. The third kappa shape index (κ3) is 3.52.